The number of fused-ring (bicyclic) bond motifs is 2. The summed E-state index contributed by atoms with van der Waals surface area (Å²) in [4.78, 5) is 20.9. The summed E-state index contributed by atoms with van der Waals surface area (Å²) in [6, 6.07) is 4.74. The van der Waals surface area contributed by atoms with Crippen molar-refractivity contribution in [2.24, 2.45) is 17.3 Å². The Kier molecular flexibility index (Phi) is 4.38. The van der Waals surface area contributed by atoms with Crippen LogP contribution in [0.4, 0.5) is 4.39 Å². The molecule has 2 aromatic rings. The number of halogens is 1. The van der Waals surface area contributed by atoms with Crippen LogP contribution >= 0.6 is 11.8 Å². The summed E-state index contributed by atoms with van der Waals surface area (Å²) in [7, 11) is 1.49. The van der Waals surface area contributed by atoms with E-state index < -0.39 is 0 Å². The Morgan fingerprint density at radius 1 is 1.21 bits per heavy atom. The zero-order valence-corrected chi connectivity index (χ0v) is 16.9. The van der Waals surface area contributed by atoms with Crippen molar-refractivity contribution < 1.29 is 13.9 Å². The number of ether oxygens (including phenoxy) is 1. The molecule has 0 saturated heterocycles. The molecule has 28 heavy (non-hydrogen) atoms. The molecule has 2 atom stereocenters. The van der Waals surface area contributed by atoms with E-state index >= 15 is 0 Å². The van der Waals surface area contributed by atoms with Crippen molar-refractivity contribution in [3.63, 3.8) is 0 Å². The first-order valence-electron chi connectivity index (χ1n) is 10.1. The monoisotopic (exact) mass is 400 g/mol. The van der Waals surface area contributed by atoms with Crippen LogP contribution in [0.1, 0.15) is 51.4 Å². The van der Waals surface area contributed by atoms with E-state index in [-0.39, 0.29) is 21.9 Å². The summed E-state index contributed by atoms with van der Waals surface area (Å²) in [6.07, 6.45) is 10.2. The first kappa shape index (κ1) is 18.3. The Balaban J connectivity index is 1.47. The lowest BCUT2D eigenvalue weighted by Gasteiger charge is -2.48. The molecule has 4 fully saturated rings. The molecule has 1 heterocycles. The Hall–Kier alpha value is -1.69. The summed E-state index contributed by atoms with van der Waals surface area (Å²) < 4.78 is 19.0. The molecule has 4 nitrogen and oxygen atoms in total. The largest absolute Gasteiger partial charge is 0.469 e. The SMILES string of the molecule is COC(=O)CC12CCC3(Sc4ncnc5ccc(F)cc45)CC(CC(C1)C3)C2. The number of rotatable bonds is 4. The second kappa shape index (κ2) is 6.68. The van der Waals surface area contributed by atoms with E-state index in [1.54, 1.807) is 18.5 Å². The van der Waals surface area contributed by atoms with Crippen molar-refractivity contribution in [3.05, 3.63) is 30.3 Å². The van der Waals surface area contributed by atoms with Crippen molar-refractivity contribution in [1.29, 1.82) is 0 Å². The van der Waals surface area contributed by atoms with Crippen molar-refractivity contribution in [1.82, 2.24) is 9.97 Å². The number of nitrogens with zero attached hydrogens (tertiary/aromatic N) is 2. The third kappa shape index (κ3) is 3.19. The minimum Gasteiger partial charge on any atom is -0.469 e. The van der Waals surface area contributed by atoms with E-state index in [2.05, 4.69) is 9.97 Å². The molecule has 0 amide bonds. The van der Waals surface area contributed by atoms with Crippen LogP contribution in [0.25, 0.3) is 10.9 Å². The van der Waals surface area contributed by atoms with Crippen LogP contribution in [0.5, 0.6) is 0 Å². The number of carbonyl (C=O) groups excluding carboxylic acids is 1. The number of thioether (sulfide) groups is 1. The first-order valence-corrected chi connectivity index (χ1v) is 11.0. The van der Waals surface area contributed by atoms with Crippen LogP contribution in [0.3, 0.4) is 0 Å². The summed E-state index contributed by atoms with van der Waals surface area (Å²) in [5.74, 6) is 1.01. The summed E-state index contributed by atoms with van der Waals surface area (Å²) in [5, 5.41) is 1.70. The summed E-state index contributed by atoms with van der Waals surface area (Å²) in [5.41, 5.74) is 0.905. The lowest BCUT2D eigenvalue weighted by Crippen LogP contribution is -2.40. The highest BCUT2D eigenvalue weighted by Crippen LogP contribution is 2.64. The number of benzene rings is 1. The van der Waals surface area contributed by atoms with Gasteiger partial charge in [0.15, 0.2) is 0 Å². The molecule has 6 rings (SSSR count). The predicted molar refractivity (Wildman–Crippen MR) is 106 cm³/mol. The van der Waals surface area contributed by atoms with Crippen LogP contribution in [0.2, 0.25) is 0 Å². The molecule has 0 N–H and O–H groups in total. The fraction of sp³-hybridized carbons (Fsp3) is 0.591. The van der Waals surface area contributed by atoms with Gasteiger partial charge in [-0.3, -0.25) is 4.79 Å². The molecule has 1 aromatic heterocycles. The van der Waals surface area contributed by atoms with Crippen molar-refractivity contribution in [2.45, 2.75) is 61.1 Å². The van der Waals surface area contributed by atoms with Crippen LogP contribution < -0.4 is 0 Å². The van der Waals surface area contributed by atoms with Gasteiger partial charge in [0.1, 0.15) is 17.2 Å². The van der Waals surface area contributed by atoms with Crippen LogP contribution in [0, 0.1) is 23.1 Å². The van der Waals surface area contributed by atoms with E-state index in [9.17, 15) is 9.18 Å². The smallest absolute Gasteiger partial charge is 0.306 e. The van der Waals surface area contributed by atoms with E-state index in [0.29, 0.717) is 18.3 Å². The van der Waals surface area contributed by atoms with Gasteiger partial charge in [-0.2, -0.15) is 0 Å². The maximum atomic E-state index is 13.9. The third-order valence-electron chi connectivity index (χ3n) is 7.16. The van der Waals surface area contributed by atoms with Crippen LogP contribution in [-0.2, 0) is 9.53 Å². The zero-order valence-electron chi connectivity index (χ0n) is 16.1. The highest BCUT2D eigenvalue weighted by molar-refractivity contribution is 8.00. The van der Waals surface area contributed by atoms with E-state index in [1.807, 2.05) is 11.8 Å². The molecule has 4 aliphatic rings. The summed E-state index contributed by atoms with van der Waals surface area (Å²) in [6.45, 7) is 0. The van der Waals surface area contributed by atoms with Gasteiger partial charge in [0.05, 0.1) is 19.0 Å². The van der Waals surface area contributed by atoms with E-state index in [0.717, 1.165) is 54.5 Å². The van der Waals surface area contributed by atoms with Crippen molar-refractivity contribution >= 4 is 28.6 Å². The molecule has 0 spiro atoms. The van der Waals surface area contributed by atoms with Gasteiger partial charge in [-0.15, -0.1) is 0 Å². The molecule has 4 saturated carbocycles. The van der Waals surface area contributed by atoms with Crippen LogP contribution in [-0.4, -0.2) is 27.8 Å². The predicted octanol–water partition coefficient (Wildman–Crippen LogP) is 5.15. The van der Waals surface area contributed by atoms with E-state index in [1.165, 1.54) is 19.6 Å². The van der Waals surface area contributed by atoms with Gasteiger partial charge in [0.2, 0.25) is 0 Å². The topological polar surface area (TPSA) is 52.1 Å². The lowest BCUT2D eigenvalue weighted by atomic mass is 9.60. The second-order valence-corrected chi connectivity index (χ2v) is 10.6. The Bertz CT molecular complexity index is 920. The van der Waals surface area contributed by atoms with Gasteiger partial charge >= 0.3 is 5.97 Å². The Morgan fingerprint density at radius 2 is 2.00 bits per heavy atom. The van der Waals surface area contributed by atoms with Gasteiger partial charge in [0.25, 0.3) is 0 Å². The minimum absolute atomic E-state index is 0.0706. The fourth-order valence-corrected chi connectivity index (χ4v) is 7.96. The van der Waals surface area contributed by atoms with Crippen molar-refractivity contribution in [2.75, 3.05) is 7.11 Å². The zero-order chi connectivity index (χ0) is 19.4. The Morgan fingerprint density at radius 3 is 2.75 bits per heavy atom. The lowest BCUT2D eigenvalue weighted by molar-refractivity contribution is -0.144. The van der Waals surface area contributed by atoms with E-state index in [4.69, 9.17) is 4.74 Å². The number of aromatic nitrogens is 2. The molecule has 148 valence electrons. The molecule has 2 unspecified atom stereocenters. The maximum Gasteiger partial charge on any atom is 0.306 e. The number of carbonyl (C=O) groups is 1. The van der Waals surface area contributed by atoms with Gasteiger partial charge < -0.3 is 4.74 Å². The number of hydrogen-bond acceptors (Lipinski definition) is 5. The Labute approximate surface area is 168 Å². The maximum absolute atomic E-state index is 13.9. The third-order valence-corrected chi connectivity index (χ3v) is 8.65. The minimum atomic E-state index is -0.247. The molecular weight excluding hydrogens is 375 g/mol. The average Bonchev–Trinajstić information content (AvgIpc) is 2.83. The number of methoxy groups -OCH3 is 1. The highest BCUT2D eigenvalue weighted by atomic mass is 32.2. The molecule has 4 aliphatic carbocycles. The summed E-state index contributed by atoms with van der Waals surface area (Å²) >= 11 is 1.84. The number of esters is 1. The second-order valence-electron chi connectivity index (χ2n) is 9.16. The molecule has 1 aromatic carbocycles. The van der Waals surface area contributed by atoms with Gasteiger partial charge in [-0.25, -0.2) is 14.4 Å². The van der Waals surface area contributed by atoms with Gasteiger partial charge in [0, 0.05) is 10.1 Å². The quantitative estimate of drug-likeness (QED) is 0.525. The van der Waals surface area contributed by atoms with Gasteiger partial charge in [-0.1, -0.05) is 11.8 Å². The number of hydrogen-bond donors (Lipinski definition) is 0. The molecule has 4 bridgehead atoms. The molecular formula is C22H25FN2O2S. The normalized spacial score (nSPS) is 33.8. The average molecular weight is 401 g/mol. The standard InChI is InChI=1S/C22H25FN2O2S/c1-27-19(26)12-21-4-5-22(10-14(8-21)6-15(9-21)11-22)28-20-17-7-16(23)2-3-18(17)24-13-25-20/h2-3,7,13-15H,4-6,8-12H2,1H3. The van der Waals surface area contributed by atoms with Crippen molar-refractivity contribution in [3.8, 4) is 0 Å². The van der Waals surface area contributed by atoms with Gasteiger partial charge in [-0.05, 0) is 80.4 Å². The molecule has 0 radical (unpaired) electrons. The molecule has 0 aliphatic heterocycles. The highest BCUT2D eigenvalue weighted by Gasteiger charge is 2.54. The first-order chi connectivity index (χ1) is 13.5. The van der Waals surface area contributed by atoms with Crippen LogP contribution in [0.15, 0.2) is 29.6 Å². The molecule has 6 heteroatoms. The fourth-order valence-electron chi connectivity index (χ4n) is 6.33.